The highest BCUT2D eigenvalue weighted by Gasteiger charge is 2.34. The van der Waals surface area contributed by atoms with Crippen LogP contribution in [0.1, 0.15) is 17.5 Å². The molecule has 0 radical (unpaired) electrons. The quantitative estimate of drug-likeness (QED) is 0.609. The number of hydrogen-bond donors (Lipinski definition) is 0. The van der Waals surface area contributed by atoms with Gasteiger partial charge in [-0.2, -0.15) is 13.2 Å². The number of rotatable bonds is 3. The van der Waals surface area contributed by atoms with Crippen LogP contribution in [0, 0.1) is 5.82 Å². The van der Waals surface area contributed by atoms with Gasteiger partial charge in [-0.05, 0) is 18.1 Å². The van der Waals surface area contributed by atoms with Crippen molar-refractivity contribution in [1.29, 1.82) is 0 Å². The van der Waals surface area contributed by atoms with E-state index in [9.17, 15) is 22.4 Å². The van der Waals surface area contributed by atoms with E-state index in [0.717, 1.165) is 13.2 Å². The third kappa shape index (κ3) is 3.44. The fourth-order valence-electron chi connectivity index (χ4n) is 1.33. The molecule has 0 aliphatic carbocycles. The Bertz CT molecular complexity index is 412. The Morgan fingerprint density at radius 2 is 2.00 bits per heavy atom. The minimum atomic E-state index is -4.73. The van der Waals surface area contributed by atoms with Crippen LogP contribution in [0.15, 0.2) is 18.2 Å². The van der Waals surface area contributed by atoms with E-state index >= 15 is 0 Å². The van der Waals surface area contributed by atoms with Crippen LogP contribution in [0.3, 0.4) is 0 Å². The van der Waals surface area contributed by atoms with E-state index in [-0.39, 0.29) is 18.4 Å². The predicted octanol–water partition coefficient (Wildman–Crippen LogP) is 2.95. The molecule has 0 fully saturated rings. The molecule has 0 bridgehead atoms. The summed E-state index contributed by atoms with van der Waals surface area (Å²) in [6, 6.07) is 2.99. The van der Waals surface area contributed by atoms with Crippen molar-refractivity contribution in [1.82, 2.24) is 0 Å². The Balaban J connectivity index is 2.91. The minimum absolute atomic E-state index is 0.123. The van der Waals surface area contributed by atoms with Gasteiger partial charge >= 0.3 is 12.1 Å². The maximum absolute atomic E-state index is 13.5. The first kappa shape index (κ1) is 13.5. The number of benzene rings is 1. The molecule has 0 heterocycles. The molecule has 1 rings (SSSR count). The summed E-state index contributed by atoms with van der Waals surface area (Å²) < 4.78 is 54.9. The maximum Gasteiger partial charge on any atom is 0.419 e. The monoisotopic (exact) mass is 250 g/mol. The summed E-state index contributed by atoms with van der Waals surface area (Å²) in [4.78, 5) is 10.8. The topological polar surface area (TPSA) is 26.3 Å². The van der Waals surface area contributed by atoms with Crippen molar-refractivity contribution in [2.24, 2.45) is 0 Å². The largest absolute Gasteiger partial charge is 0.469 e. The molecule has 0 saturated carbocycles. The summed E-state index contributed by atoms with van der Waals surface area (Å²) in [5.74, 6) is -1.93. The molecule has 17 heavy (non-hydrogen) atoms. The van der Waals surface area contributed by atoms with Crippen LogP contribution in [0.4, 0.5) is 17.6 Å². The second-order valence-electron chi connectivity index (χ2n) is 3.35. The molecule has 0 aromatic heterocycles. The Kier molecular flexibility index (Phi) is 4.09. The van der Waals surface area contributed by atoms with E-state index in [1.807, 2.05) is 0 Å². The number of aryl methyl sites for hydroxylation is 1. The van der Waals surface area contributed by atoms with Crippen molar-refractivity contribution < 1.29 is 27.1 Å². The molecule has 2 nitrogen and oxygen atoms in total. The average Bonchev–Trinajstić information content (AvgIpc) is 2.25. The minimum Gasteiger partial charge on any atom is -0.469 e. The smallest absolute Gasteiger partial charge is 0.419 e. The summed E-state index contributed by atoms with van der Waals surface area (Å²) in [6.45, 7) is 0. The first-order valence-corrected chi connectivity index (χ1v) is 4.77. The fraction of sp³-hybridized carbons (Fsp3) is 0.364. The zero-order valence-electron chi connectivity index (χ0n) is 8.97. The van der Waals surface area contributed by atoms with Crippen LogP contribution in [0.5, 0.6) is 0 Å². The van der Waals surface area contributed by atoms with Crippen molar-refractivity contribution in [2.45, 2.75) is 19.0 Å². The second-order valence-corrected chi connectivity index (χ2v) is 3.35. The predicted molar refractivity (Wildman–Crippen MR) is 51.7 cm³/mol. The third-order valence-electron chi connectivity index (χ3n) is 2.21. The Morgan fingerprint density at radius 3 is 2.53 bits per heavy atom. The highest BCUT2D eigenvalue weighted by molar-refractivity contribution is 5.69. The van der Waals surface area contributed by atoms with Crippen LogP contribution in [0.2, 0.25) is 0 Å². The highest BCUT2D eigenvalue weighted by atomic mass is 19.4. The van der Waals surface area contributed by atoms with Gasteiger partial charge in [0.25, 0.3) is 0 Å². The normalized spacial score (nSPS) is 11.4. The molecule has 0 aliphatic rings. The average molecular weight is 250 g/mol. The zero-order valence-corrected chi connectivity index (χ0v) is 8.97. The summed E-state index contributed by atoms with van der Waals surface area (Å²) in [5, 5.41) is 0. The van der Waals surface area contributed by atoms with Crippen LogP contribution < -0.4 is 0 Å². The molecule has 0 amide bonds. The summed E-state index contributed by atoms with van der Waals surface area (Å²) >= 11 is 0. The molecule has 0 aliphatic heterocycles. The fourth-order valence-corrected chi connectivity index (χ4v) is 1.33. The van der Waals surface area contributed by atoms with Gasteiger partial charge in [-0.25, -0.2) is 4.39 Å². The first-order chi connectivity index (χ1) is 7.86. The summed E-state index contributed by atoms with van der Waals surface area (Å²) in [5.41, 5.74) is -1.47. The van der Waals surface area contributed by atoms with E-state index in [1.54, 1.807) is 0 Å². The van der Waals surface area contributed by atoms with Crippen molar-refractivity contribution in [3.05, 3.63) is 35.1 Å². The highest BCUT2D eigenvalue weighted by Crippen LogP contribution is 2.32. The van der Waals surface area contributed by atoms with E-state index in [1.165, 1.54) is 6.07 Å². The SMILES string of the molecule is COC(=O)CCc1cccc(C(F)(F)F)c1F. The van der Waals surface area contributed by atoms with Gasteiger partial charge in [0.2, 0.25) is 0 Å². The van der Waals surface area contributed by atoms with E-state index in [2.05, 4.69) is 4.74 Å². The molecule has 1 aromatic carbocycles. The second kappa shape index (κ2) is 5.16. The van der Waals surface area contributed by atoms with Gasteiger partial charge in [0.15, 0.2) is 0 Å². The summed E-state index contributed by atoms with van der Waals surface area (Å²) in [6.07, 6.45) is -5.01. The van der Waals surface area contributed by atoms with E-state index in [0.29, 0.717) is 6.07 Å². The van der Waals surface area contributed by atoms with E-state index in [4.69, 9.17) is 0 Å². The summed E-state index contributed by atoms with van der Waals surface area (Å²) in [7, 11) is 1.16. The Morgan fingerprint density at radius 1 is 1.35 bits per heavy atom. The number of hydrogen-bond acceptors (Lipinski definition) is 2. The molecule has 1 aromatic rings. The number of carbonyl (C=O) groups is 1. The number of carbonyl (C=O) groups excluding carboxylic acids is 1. The van der Waals surface area contributed by atoms with Crippen molar-refractivity contribution in [2.75, 3.05) is 7.11 Å². The van der Waals surface area contributed by atoms with Crippen molar-refractivity contribution in [3.63, 3.8) is 0 Å². The lowest BCUT2D eigenvalue weighted by Crippen LogP contribution is -2.11. The lowest BCUT2D eigenvalue weighted by molar-refractivity contribution is -0.140. The van der Waals surface area contributed by atoms with Gasteiger partial charge in [0.05, 0.1) is 12.7 Å². The molecule has 94 valence electrons. The Labute approximate surface area is 95.2 Å². The Hall–Kier alpha value is -1.59. The van der Waals surface area contributed by atoms with Crippen LogP contribution in [0.25, 0.3) is 0 Å². The van der Waals surface area contributed by atoms with Crippen molar-refractivity contribution >= 4 is 5.97 Å². The van der Waals surface area contributed by atoms with Gasteiger partial charge in [-0.1, -0.05) is 12.1 Å². The third-order valence-corrected chi connectivity index (χ3v) is 2.21. The standard InChI is InChI=1S/C11H10F4O2/c1-17-9(16)6-5-7-3-2-4-8(10(7)12)11(13,14)15/h2-4H,5-6H2,1H3. The van der Waals surface area contributed by atoms with E-state index < -0.39 is 23.5 Å². The van der Waals surface area contributed by atoms with Gasteiger partial charge in [-0.15, -0.1) is 0 Å². The molecule has 0 saturated heterocycles. The zero-order chi connectivity index (χ0) is 13.1. The van der Waals surface area contributed by atoms with Gasteiger partial charge < -0.3 is 4.74 Å². The number of ether oxygens (including phenoxy) is 1. The molecule has 0 atom stereocenters. The number of halogens is 4. The van der Waals surface area contributed by atoms with Crippen LogP contribution in [-0.2, 0) is 22.1 Å². The van der Waals surface area contributed by atoms with Crippen molar-refractivity contribution in [3.8, 4) is 0 Å². The lowest BCUT2D eigenvalue weighted by atomic mass is 10.0. The molecule has 0 unspecified atom stereocenters. The van der Waals surface area contributed by atoms with Gasteiger partial charge in [-0.3, -0.25) is 4.79 Å². The maximum atomic E-state index is 13.5. The number of alkyl halides is 3. The number of methoxy groups -OCH3 is 1. The van der Waals surface area contributed by atoms with Gasteiger partial charge in [0, 0.05) is 6.42 Å². The van der Waals surface area contributed by atoms with Crippen LogP contribution in [-0.4, -0.2) is 13.1 Å². The molecular weight excluding hydrogens is 240 g/mol. The first-order valence-electron chi connectivity index (χ1n) is 4.77. The molecule has 0 spiro atoms. The number of esters is 1. The van der Waals surface area contributed by atoms with Gasteiger partial charge in [0.1, 0.15) is 5.82 Å². The molecule has 0 N–H and O–H groups in total. The lowest BCUT2D eigenvalue weighted by Gasteiger charge is -2.10. The molecule has 6 heteroatoms. The molecular formula is C11H10F4O2. The van der Waals surface area contributed by atoms with Crippen LogP contribution >= 0.6 is 0 Å².